The average Bonchev–Trinajstić information content (AvgIpc) is 3.39. The van der Waals surface area contributed by atoms with Crippen LogP contribution < -0.4 is 5.32 Å². The van der Waals surface area contributed by atoms with Crippen molar-refractivity contribution < 1.29 is 4.79 Å². The molecule has 7 heteroatoms. The van der Waals surface area contributed by atoms with E-state index in [0.717, 1.165) is 27.8 Å². The molecule has 0 saturated carbocycles. The van der Waals surface area contributed by atoms with Crippen LogP contribution in [-0.4, -0.2) is 30.5 Å². The highest BCUT2D eigenvalue weighted by molar-refractivity contribution is 5.96. The Morgan fingerprint density at radius 1 is 1.00 bits per heavy atom. The maximum atomic E-state index is 12.8. The van der Waals surface area contributed by atoms with Crippen LogP contribution in [0.25, 0.3) is 22.2 Å². The van der Waals surface area contributed by atoms with E-state index >= 15 is 0 Å². The average molecular weight is 451 g/mol. The van der Waals surface area contributed by atoms with Crippen LogP contribution in [0, 0.1) is 20.8 Å². The van der Waals surface area contributed by atoms with E-state index in [1.807, 2.05) is 29.9 Å². The summed E-state index contributed by atoms with van der Waals surface area (Å²) in [5, 5.41) is 12.9. The van der Waals surface area contributed by atoms with Gasteiger partial charge in [-0.25, -0.2) is 9.67 Å². The quantitative estimate of drug-likeness (QED) is 0.399. The molecule has 0 aliphatic carbocycles. The summed E-state index contributed by atoms with van der Waals surface area (Å²) < 4.78 is 3.47. The molecule has 170 valence electrons. The first-order valence-corrected chi connectivity index (χ1v) is 11.2. The summed E-state index contributed by atoms with van der Waals surface area (Å²) in [6.07, 6.45) is 5.26. The van der Waals surface area contributed by atoms with E-state index in [1.165, 1.54) is 11.1 Å². The Morgan fingerprint density at radius 3 is 2.62 bits per heavy atom. The van der Waals surface area contributed by atoms with E-state index < -0.39 is 0 Å². The number of amides is 1. The van der Waals surface area contributed by atoms with Gasteiger partial charge >= 0.3 is 0 Å². The molecule has 5 aromatic rings. The molecule has 0 aliphatic heterocycles. The predicted molar refractivity (Wildman–Crippen MR) is 134 cm³/mol. The molecule has 0 fully saturated rings. The Hall–Kier alpha value is -4.26. The molecule has 0 saturated heterocycles. The minimum atomic E-state index is -0.179. The van der Waals surface area contributed by atoms with Gasteiger partial charge in [0, 0.05) is 17.8 Å². The fourth-order valence-electron chi connectivity index (χ4n) is 4.18. The number of fused-ring (bicyclic) bond motifs is 1. The van der Waals surface area contributed by atoms with E-state index in [-0.39, 0.29) is 12.5 Å². The molecule has 3 heterocycles. The van der Waals surface area contributed by atoms with Crippen LogP contribution in [0.5, 0.6) is 0 Å². The highest BCUT2D eigenvalue weighted by Gasteiger charge is 2.16. The van der Waals surface area contributed by atoms with Crippen molar-refractivity contribution in [3.8, 4) is 11.1 Å². The van der Waals surface area contributed by atoms with E-state index in [9.17, 15) is 4.79 Å². The molecule has 34 heavy (non-hydrogen) atoms. The largest absolute Gasteiger partial charge is 0.322 e. The van der Waals surface area contributed by atoms with Crippen molar-refractivity contribution in [1.82, 2.24) is 24.5 Å². The second-order valence-corrected chi connectivity index (χ2v) is 8.63. The molecule has 0 bridgehead atoms. The van der Waals surface area contributed by atoms with Gasteiger partial charge < -0.3 is 5.32 Å². The van der Waals surface area contributed by atoms with Gasteiger partial charge in [-0.1, -0.05) is 59.7 Å². The number of rotatable bonds is 6. The topological polar surface area (TPSA) is 77.6 Å². The number of carbonyl (C=O) groups excluding carboxylic acids is 1. The Morgan fingerprint density at radius 2 is 1.82 bits per heavy atom. The Bertz CT molecular complexity index is 1480. The maximum absolute atomic E-state index is 12.8. The number of anilines is 1. The molecular weight excluding hydrogens is 424 g/mol. The first-order chi connectivity index (χ1) is 16.5. The summed E-state index contributed by atoms with van der Waals surface area (Å²) in [4.78, 5) is 17.3. The Labute approximate surface area is 198 Å². The number of aromatic nitrogens is 5. The van der Waals surface area contributed by atoms with Gasteiger partial charge in [-0.05, 0) is 43.5 Å². The molecule has 0 atom stereocenters. The maximum Gasteiger partial charge on any atom is 0.246 e. The second kappa shape index (κ2) is 8.94. The number of benzene rings is 2. The van der Waals surface area contributed by atoms with E-state index in [0.29, 0.717) is 17.9 Å². The molecule has 0 unspecified atom stereocenters. The molecule has 7 nitrogen and oxygen atoms in total. The van der Waals surface area contributed by atoms with Gasteiger partial charge in [-0.2, -0.15) is 10.2 Å². The summed E-state index contributed by atoms with van der Waals surface area (Å²) >= 11 is 0. The van der Waals surface area contributed by atoms with Crippen molar-refractivity contribution in [3.05, 3.63) is 95.6 Å². The SMILES string of the molecule is Cc1ccc(Cn2cc(NC(=O)Cn3nc(C)c4c(-c5cccc(C)c5)ccnc43)cn2)cc1. The molecular formula is C27H26N6O. The Kier molecular flexibility index (Phi) is 5.67. The van der Waals surface area contributed by atoms with Crippen LogP contribution >= 0.6 is 0 Å². The minimum Gasteiger partial charge on any atom is -0.322 e. The van der Waals surface area contributed by atoms with Crippen molar-refractivity contribution in [2.24, 2.45) is 0 Å². The number of pyridine rings is 1. The lowest BCUT2D eigenvalue weighted by molar-refractivity contribution is -0.116. The molecule has 1 amide bonds. The van der Waals surface area contributed by atoms with Gasteiger partial charge in [0.1, 0.15) is 6.54 Å². The smallest absolute Gasteiger partial charge is 0.246 e. The molecule has 5 rings (SSSR count). The number of nitrogens with zero attached hydrogens (tertiary/aromatic N) is 5. The predicted octanol–water partition coefficient (Wildman–Crippen LogP) is 4.91. The van der Waals surface area contributed by atoms with Gasteiger partial charge in [0.05, 0.1) is 24.1 Å². The number of hydrogen-bond donors (Lipinski definition) is 1. The summed E-state index contributed by atoms with van der Waals surface area (Å²) in [7, 11) is 0. The molecule has 0 spiro atoms. The van der Waals surface area contributed by atoms with Gasteiger partial charge in [-0.3, -0.25) is 9.48 Å². The lowest BCUT2D eigenvalue weighted by Crippen LogP contribution is -2.19. The highest BCUT2D eigenvalue weighted by Crippen LogP contribution is 2.30. The summed E-state index contributed by atoms with van der Waals surface area (Å²) in [6, 6.07) is 18.7. The third-order valence-corrected chi connectivity index (χ3v) is 5.81. The first-order valence-electron chi connectivity index (χ1n) is 11.2. The minimum absolute atomic E-state index is 0.0672. The zero-order chi connectivity index (χ0) is 23.7. The van der Waals surface area contributed by atoms with Gasteiger partial charge in [0.2, 0.25) is 5.91 Å². The van der Waals surface area contributed by atoms with Crippen molar-refractivity contribution in [3.63, 3.8) is 0 Å². The first kappa shape index (κ1) is 21.6. The molecule has 2 aromatic carbocycles. The van der Waals surface area contributed by atoms with Crippen molar-refractivity contribution in [2.45, 2.75) is 33.9 Å². The van der Waals surface area contributed by atoms with E-state index in [2.05, 4.69) is 76.8 Å². The molecule has 1 N–H and O–H groups in total. The van der Waals surface area contributed by atoms with Gasteiger partial charge in [0.15, 0.2) is 5.65 Å². The molecule has 3 aromatic heterocycles. The fraction of sp³-hybridized carbons (Fsp3) is 0.185. The zero-order valence-electron chi connectivity index (χ0n) is 19.5. The van der Waals surface area contributed by atoms with Crippen LogP contribution in [0.15, 0.2) is 73.2 Å². The van der Waals surface area contributed by atoms with Crippen molar-refractivity contribution >= 4 is 22.6 Å². The van der Waals surface area contributed by atoms with Crippen LogP contribution in [0.2, 0.25) is 0 Å². The molecule has 0 radical (unpaired) electrons. The monoisotopic (exact) mass is 450 g/mol. The zero-order valence-corrected chi connectivity index (χ0v) is 19.5. The van der Waals surface area contributed by atoms with Crippen LogP contribution in [0.1, 0.15) is 22.4 Å². The second-order valence-electron chi connectivity index (χ2n) is 8.63. The van der Waals surface area contributed by atoms with Crippen LogP contribution in [0.3, 0.4) is 0 Å². The van der Waals surface area contributed by atoms with E-state index in [4.69, 9.17) is 0 Å². The summed E-state index contributed by atoms with van der Waals surface area (Å²) in [5.41, 5.74) is 7.93. The van der Waals surface area contributed by atoms with Gasteiger partial charge in [-0.15, -0.1) is 0 Å². The lowest BCUT2D eigenvalue weighted by atomic mass is 10.0. The summed E-state index contributed by atoms with van der Waals surface area (Å²) in [6.45, 7) is 6.80. The molecule has 0 aliphatic rings. The Balaban J connectivity index is 1.33. The summed E-state index contributed by atoms with van der Waals surface area (Å²) in [5.74, 6) is -0.179. The van der Waals surface area contributed by atoms with Crippen LogP contribution in [-0.2, 0) is 17.9 Å². The normalized spacial score (nSPS) is 11.1. The highest BCUT2D eigenvalue weighted by atomic mass is 16.2. The third kappa shape index (κ3) is 4.45. The van der Waals surface area contributed by atoms with Crippen molar-refractivity contribution in [2.75, 3.05) is 5.32 Å². The fourth-order valence-corrected chi connectivity index (χ4v) is 4.18. The van der Waals surface area contributed by atoms with Crippen LogP contribution in [0.4, 0.5) is 5.69 Å². The number of aryl methyl sites for hydroxylation is 3. The number of hydrogen-bond acceptors (Lipinski definition) is 4. The third-order valence-electron chi connectivity index (χ3n) is 5.81. The van der Waals surface area contributed by atoms with E-state index in [1.54, 1.807) is 17.1 Å². The standard InChI is InChI=1S/C27H26N6O/c1-18-7-9-21(10-8-18)15-32-16-23(14-29-32)30-25(34)17-33-27-26(20(3)31-33)24(11-12-28-27)22-6-4-5-19(2)13-22/h4-14,16H,15,17H2,1-3H3,(H,30,34). The number of nitrogens with one attached hydrogen (secondary N) is 1. The lowest BCUT2D eigenvalue weighted by Gasteiger charge is -2.06. The van der Waals surface area contributed by atoms with Crippen molar-refractivity contribution in [1.29, 1.82) is 0 Å². The number of carbonyl (C=O) groups is 1. The van der Waals surface area contributed by atoms with Gasteiger partial charge in [0.25, 0.3) is 0 Å².